The predicted molar refractivity (Wildman–Crippen MR) is 124 cm³/mol. The maximum atomic E-state index is 12.1. The van der Waals surface area contributed by atoms with Crippen LogP contribution in [0.4, 0.5) is 5.13 Å². The molecule has 1 heterocycles. The normalized spacial score (nSPS) is 12.2. The number of hydrogen-bond donors (Lipinski definition) is 0. The monoisotopic (exact) mass is 445 g/mol. The Bertz CT molecular complexity index is 1030. The smallest absolute Gasteiger partial charge is 0.360 e. The molecule has 1 aromatic heterocycles. The van der Waals surface area contributed by atoms with Gasteiger partial charge in [-0.1, -0.05) is 64.7 Å². The number of hydrogen-bond acceptors (Lipinski definition) is 9. The number of aliphatic imine (C=N–C) groups is 1. The predicted octanol–water partition coefficient (Wildman–Crippen LogP) is 5.10. The number of nitrogens with zero attached hydrogens (tertiary/aromatic N) is 3. The molecule has 0 aliphatic rings. The Morgan fingerprint density at radius 2 is 1.90 bits per heavy atom. The number of ether oxygens (including phenoxy) is 1. The van der Waals surface area contributed by atoms with E-state index in [4.69, 9.17) is 14.6 Å². The van der Waals surface area contributed by atoms with Gasteiger partial charge in [0.2, 0.25) is 5.13 Å². The Kier molecular flexibility index (Phi) is 7.68. The van der Waals surface area contributed by atoms with Crippen LogP contribution in [0.25, 0.3) is 10.2 Å². The van der Waals surface area contributed by atoms with Crippen LogP contribution in [0.2, 0.25) is 0 Å². The first-order chi connectivity index (χ1) is 14.2. The molecule has 2 aromatic carbocycles. The van der Waals surface area contributed by atoms with E-state index in [9.17, 15) is 4.79 Å². The fourth-order valence-electron chi connectivity index (χ4n) is 2.52. The molecule has 0 radical (unpaired) electrons. The lowest BCUT2D eigenvalue weighted by molar-refractivity contribution is -0.132. The minimum atomic E-state index is -0.544. The summed E-state index contributed by atoms with van der Waals surface area (Å²) in [5, 5.41) is 4.58. The molecular weight excluding hydrogens is 426 g/mol. The van der Waals surface area contributed by atoms with Gasteiger partial charge < -0.3 is 9.57 Å². The number of esters is 1. The number of thioether (sulfide) groups is 2. The number of oxime groups is 1. The molecule has 150 valence electrons. The van der Waals surface area contributed by atoms with Crippen LogP contribution in [-0.2, 0) is 20.1 Å². The van der Waals surface area contributed by atoms with Gasteiger partial charge in [0.15, 0.2) is 5.71 Å². The molecule has 0 aliphatic carbocycles. The quantitative estimate of drug-likeness (QED) is 0.227. The molecule has 29 heavy (non-hydrogen) atoms. The largest absolute Gasteiger partial charge is 0.464 e. The van der Waals surface area contributed by atoms with Crippen molar-refractivity contribution in [3.8, 4) is 0 Å². The third kappa shape index (κ3) is 5.37. The highest BCUT2D eigenvalue weighted by atomic mass is 32.2. The van der Waals surface area contributed by atoms with Gasteiger partial charge in [0.05, 0.1) is 17.3 Å². The van der Waals surface area contributed by atoms with Gasteiger partial charge in [-0.25, -0.2) is 14.8 Å². The Hall–Kier alpha value is -2.36. The zero-order valence-electron chi connectivity index (χ0n) is 16.1. The van der Waals surface area contributed by atoms with Crippen LogP contribution in [0.1, 0.15) is 11.1 Å². The van der Waals surface area contributed by atoms with Gasteiger partial charge in [-0.15, -0.1) is 11.8 Å². The summed E-state index contributed by atoms with van der Waals surface area (Å²) in [7, 11) is 2.72. The number of carbonyl (C=O) groups is 1. The molecule has 0 atom stereocenters. The Morgan fingerprint density at radius 3 is 2.62 bits per heavy atom. The first-order valence-electron chi connectivity index (χ1n) is 8.55. The Balaban J connectivity index is 1.82. The van der Waals surface area contributed by atoms with Crippen LogP contribution >= 0.6 is 34.9 Å². The lowest BCUT2D eigenvalue weighted by Crippen LogP contribution is -2.19. The van der Waals surface area contributed by atoms with E-state index >= 15 is 0 Å². The van der Waals surface area contributed by atoms with E-state index in [0.29, 0.717) is 11.3 Å². The summed E-state index contributed by atoms with van der Waals surface area (Å²) in [6.07, 6.45) is 1.98. The fourth-order valence-corrected chi connectivity index (χ4v) is 4.99. The zero-order valence-corrected chi connectivity index (χ0v) is 18.6. The van der Waals surface area contributed by atoms with Crippen molar-refractivity contribution in [1.82, 2.24) is 4.98 Å². The number of benzene rings is 2. The average Bonchev–Trinajstić information content (AvgIpc) is 3.17. The first kappa shape index (κ1) is 21.4. The van der Waals surface area contributed by atoms with Gasteiger partial charge in [-0.05, 0) is 24.0 Å². The number of rotatable bonds is 6. The summed E-state index contributed by atoms with van der Waals surface area (Å²) in [5.41, 5.74) is 2.70. The van der Waals surface area contributed by atoms with Crippen LogP contribution in [0.3, 0.4) is 0 Å². The number of methoxy groups -OCH3 is 1. The molecule has 0 saturated heterocycles. The fraction of sp³-hybridized carbons (Fsp3) is 0.200. The minimum Gasteiger partial charge on any atom is -0.464 e. The molecule has 0 N–H and O–H groups in total. The first-order valence-corrected chi connectivity index (χ1v) is 11.6. The van der Waals surface area contributed by atoms with E-state index < -0.39 is 5.97 Å². The van der Waals surface area contributed by atoms with Crippen molar-refractivity contribution in [2.45, 2.75) is 5.75 Å². The highest BCUT2D eigenvalue weighted by Gasteiger charge is 2.19. The highest BCUT2D eigenvalue weighted by Crippen LogP contribution is 2.31. The van der Waals surface area contributed by atoms with Crippen molar-refractivity contribution < 1.29 is 14.4 Å². The van der Waals surface area contributed by atoms with Gasteiger partial charge in [-0.2, -0.15) is 0 Å². The highest BCUT2D eigenvalue weighted by molar-refractivity contribution is 8.38. The van der Waals surface area contributed by atoms with E-state index in [1.165, 1.54) is 14.2 Å². The second kappa shape index (κ2) is 10.4. The molecule has 0 unspecified atom stereocenters. The van der Waals surface area contributed by atoms with E-state index in [-0.39, 0.29) is 5.71 Å². The van der Waals surface area contributed by atoms with Gasteiger partial charge >= 0.3 is 5.97 Å². The molecule has 3 rings (SSSR count). The molecule has 0 fully saturated rings. The molecule has 0 saturated carbocycles. The molecule has 9 heteroatoms. The molecule has 6 nitrogen and oxygen atoms in total. The SMILES string of the molecule is CON=C(C(=O)OC)c1ccccc1CSC(=Nc1nc2ccccc2s1)SC. The average molecular weight is 446 g/mol. The van der Waals surface area contributed by atoms with Gasteiger partial charge in [0.25, 0.3) is 0 Å². The lowest BCUT2D eigenvalue weighted by Gasteiger charge is -2.10. The second-order valence-corrected chi connectivity index (χ2v) is 8.63. The number of fused-ring (bicyclic) bond motifs is 1. The van der Waals surface area contributed by atoms with E-state index in [1.807, 2.05) is 54.8 Å². The molecule has 0 bridgehead atoms. The number of para-hydroxylation sites is 1. The second-order valence-electron chi connectivity index (χ2n) is 5.61. The summed E-state index contributed by atoms with van der Waals surface area (Å²) in [6.45, 7) is 0. The molecular formula is C20H19N3O3S3. The third-order valence-electron chi connectivity index (χ3n) is 3.83. The van der Waals surface area contributed by atoms with E-state index in [1.54, 1.807) is 34.9 Å². The summed E-state index contributed by atoms with van der Waals surface area (Å²) < 4.78 is 6.84. The summed E-state index contributed by atoms with van der Waals surface area (Å²) in [4.78, 5) is 26.2. The minimum absolute atomic E-state index is 0.139. The van der Waals surface area contributed by atoms with Crippen molar-refractivity contribution in [2.75, 3.05) is 20.5 Å². The maximum absolute atomic E-state index is 12.1. The van der Waals surface area contributed by atoms with Crippen molar-refractivity contribution in [1.29, 1.82) is 0 Å². The molecule has 0 spiro atoms. The van der Waals surface area contributed by atoms with E-state index in [2.05, 4.69) is 10.1 Å². The number of aromatic nitrogens is 1. The van der Waals surface area contributed by atoms with Crippen LogP contribution in [0.5, 0.6) is 0 Å². The molecule has 0 aliphatic heterocycles. The van der Waals surface area contributed by atoms with Crippen LogP contribution in [-0.4, -0.2) is 41.5 Å². The summed E-state index contributed by atoms with van der Waals surface area (Å²) in [5.74, 6) is 0.0676. The topological polar surface area (TPSA) is 73.1 Å². The molecule has 3 aromatic rings. The van der Waals surface area contributed by atoms with Crippen LogP contribution in [0, 0.1) is 0 Å². The lowest BCUT2D eigenvalue weighted by atomic mass is 10.0. The van der Waals surface area contributed by atoms with Crippen molar-refractivity contribution in [3.63, 3.8) is 0 Å². The van der Waals surface area contributed by atoms with Crippen LogP contribution in [0.15, 0.2) is 58.7 Å². The standard InChI is InChI=1S/C20H19N3O3S3/c1-25-18(24)17(23-26-2)14-9-5-4-8-13(14)12-28-20(27-3)22-19-21-15-10-6-7-11-16(15)29-19/h4-11H,12H2,1-3H3. The Morgan fingerprint density at radius 1 is 1.14 bits per heavy atom. The zero-order chi connectivity index (χ0) is 20.6. The Labute approximate surface area is 181 Å². The summed E-state index contributed by atoms with van der Waals surface area (Å²) in [6, 6.07) is 15.5. The number of thiazole rings is 1. The maximum Gasteiger partial charge on any atom is 0.360 e. The molecule has 0 amide bonds. The third-order valence-corrected chi connectivity index (χ3v) is 6.85. The summed E-state index contributed by atoms with van der Waals surface area (Å²) >= 11 is 4.70. The van der Waals surface area contributed by atoms with Crippen molar-refractivity contribution in [3.05, 3.63) is 59.7 Å². The van der Waals surface area contributed by atoms with Crippen molar-refractivity contribution in [2.24, 2.45) is 10.1 Å². The number of carbonyl (C=O) groups excluding carboxylic acids is 1. The van der Waals surface area contributed by atoms with Gasteiger partial charge in [0.1, 0.15) is 11.5 Å². The van der Waals surface area contributed by atoms with Crippen LogP contribution < -0.4 is 0 Å². The van der Waals surface area contributed by atoms with Gasteiger partial charge in [-0.3, -0.25) is 0 Å². The van der Waals surface area contributed by atoms with E-state index in [0.717, 1.165) is 25.3 Å². The van der Waals surface area contributed by atoms with Crippen molar-refractivity contribution >= 4 is 66.3 Å². The van der Waals surface area contributed by atoms with Gasteiger partial charge in [0, 0.05) is 11.3 Å².